The molecule has 0 saturated carbocycles. The third kappa shape index (κ3) is 4.27. The average molecular weight is 472 g/mol. The lowest BCUT2D eigenvalue weighted by molar-refractivity contribution is 0.730. The van der Waals surface area contributed by atoms with Crippen molar-refractivity contribution in [2.45, 2.75) is 24.4 Å². The van der Waals surface area contributed by atoms with Crippen LogP contribution in [0.25, 0.3) is 32.7 Å². The number of rotatable bonds is 7. The summed E-state index contributed by atoms with van der Waals surface area (Å²) in [4.78, 5) is 21.3. The van der Waals surface area contributed by atoms with Crippen molar-refractivity contribution in [3.05, 3.63) is 94.4 Å². The van der Waals surface area contributed by atoms with Crippen LogP contribution in [0.2, 0.25) is 0 Å². The van der Waals surface area contributed by atoms with E-state index in [1.165, 1.54) is 23.1 Å². The van der Waals surface area contributed by atoms with Crippen molar-refractivity contribution in [1.29, 1.82) is 0 Å². The Morgan fingerprint density at radius 1 is 1.12 bits per heavy atom. The molecular weight excluding hydrogens is 450 g/mol. The first-order valence-electron chi connectivity index (χ1n) is 10.4. The van der Waals surface area contributed by atoms with Crippen molar-refractivity contribution >= 4 is 33.3 Å². The minimum atomic E-state index is -0.122. The van der Waals surface area contributed by atoms with Gasteiger partial charge in [-0.2, -0.15) is 0 Å². The highest BCUT2D eigenvalue weighted by molar-refractivity contribution is 7.98. The molecule has 3 aromatic heterocycles. The lowest BCUT2D eigenvalue weighted by Crippen LogP contribution is -2.11. The Morgan fingerprint density at radius 3 is 2.73 bits per heavy atom. The molecule has 0 bridgehead atoms. The van der Waals surface area contributed by atoms with Gasteiger partial charge in [0.2, 0.25) is 0 Å². The molecule has 1 N–H and O–H groups in total. The molecule has 0 atom stereocenters. The Balaban J connectivity index is 1.43. The lowest BCUT2D eigenvalue weighted by atomic mass is 10.1. The SMILES string of the molecule is C=CCn1c(SCc2nc3scc(-c4ccccc4)c3c(=O)[nH]2)nnc1-c1cccc(C)c1. The summed E-state index contributed by atoms with van der Waals surface area (Å²) < 4.78 is 2.03. The summed E-state index contributed by atoms with van der Waals surface area (Å²) in [7, 11) is 0. The average Bonchev–Trinajstić information content (AvgIpc) is 3.43. The molecule has 5 rings (SSSR count). The number of aryl methyl sites for hydroxylation is 1. The van der Waals surface area contributed by atoms with Gasteiger partial charge in [-0.3, -0.25) is 9.36 Å². The van der Waals surface area contributed by atoms with Gasteiger partial charge in [0, 0.05) is 23.1 Å². The second-order valence-electron chi connectivity index (χ2n) is 7.57. The second kappa shape index (κ2) is 9.17. The predicted octanol–water partition coefficient (Wildman–Crippen LogP) is 5.70. The smallest absolute Gasteiger partial charge is 0.260 e. The second-order valence-corrected chi connectivity index (χ2v) is 9.37. The fourth-order valence-electron chi connectivity index (χ4n) is 3.71. The van der Waals surface area contributed by atoms with E-state index in [1.807, 2.05) is 58.5 Å². The summed E-state index contributed by atoms with van der Waals surface area (Å²) in [5, 5.41) is 12.2. The fraction of sp³-hybridized carbons (Fsp3) is 0.120. The van der Waals surface area contributed by atoms with E-state index in [2.05, 4.69) is 40.8 Å². The largest absolute Gasteiger partial charge is 0.309 e. The summed E-state index contributed by atoms with van der Waals surface area (Å²) in [5.74, 6) is 1.89. The Bertz CT molecular complexity index is 1500. The van der Waals surface area contributed by atoms with E-state index >= 15 is 0 Å². The van der Waals surface area contributed by atoms with E-state index < -0.39 is 0 Å². The zero-order valence-corrected chi connectivity index (χ0v) is 19.6. The van der Waals surface area contributed by atoms with E-state index in [0.717, 1.165) is 38.1 Å². The van der Waals surface area contributed by atoms with Gasteiger partial charge < -0.3 is 4.98 Å². The molecule has 8 heteroatoms. The molecule has 0 aliphatic heterocycles. The number of thioether (sulfide) groups is 1. The molecule has 0 spiro atoms. The molecule has 2 aromatic carbocycles. The molecule has 0 radical (unpaired) electrons. The Labute approximate surface area is 199 Å². The maximum atomic E-state index is 12.9. The van der Waals surface area contributed by atoms with Crippen molar-refractivity contribution < 1.29 is 0 Å². The number of thiophene rings is 1. The minimum Gasteiger partial charge on any atom is -0.309 e. The first-order valence-corrected chi connectivity index (χ1v) is 12.3. The highest BCUT2D eigenvalue weighted by Gasteiger charge is 2.16. The summed E-state index contributed by atoms with van der Waals surface area (Å²) in [6.45, 7) is 6.52. The van der Waals surface area contributed by atoms with E-state index in [0.29, 0.717) is 23.5 Å². The van der Waals surface area contributed by atoms with E-state index in [9.17, 15) is 4.79 Å². The molecule has 3 heterocycles. The van der Waals surface area contributed by atoms with E-state index in [-0.39, 0.29) is 5.56 Å². The molecule has 5 aromatic rings. The number of benzene rings is 2. The molecule has 0 unspecified atom stereocenters. The van der Waals surface area contributed by atoms with Crippen molar-refractivity contribution in [3.8, 4) is 22.5 Å². The first-order chi connectivity index (χ1) is 16.1. The van der Waals surface area contributed by atoms with Crippen LogP contribution < -0.4 is 5.56 Å². The predicted molar refractivity (Wildman–Crippen MR) is 136 cm³/mol. The number of aromatic nitrogens is 5. The number of H-pyrrole nitrogens is 1. The highest BCUT2D eigenvalue weighted by Crippen LogP contribution is 2.31. The topological polar surface area (TPSA) is 76.5 Å². The van der Waals surface area contributed by atoms with Crippen molar-refractivity contribution in [2.24, 2.45) is 0 Å². The molecule has 0 aliphatic rings. The molecule has 6 nitrogen and oxygen atoms in total. The minimum absolute atomic E-state index is 0.122. The third-order valence-electron chi connectivity index (χ3n) is 5.22. The Hall–Kier alpha value is -3.49. The summed E-state index contributed by atoms with van der Waals surface area (Å²) in [6.07, 6.45) is 1.83. The molecular formula is C25H21N5OS2. The molecule has 0 fully saturated rings. The number of hydrogen-bond donors (Lipinski definition) is 1. The lowest BCUT2D eigenvalue weighted by Gasteiger charge is -2.08. The molecule has 33 heavy (non-hydrogen) atoms. The number of aromatic amines is 1. The van der Waals surface area contributed by atoms with Crippen LogP contribution in [0.15, 0.2) is 82.6 Å². The Morgan fingerprint density at radius 2 is 1.94 bits per heavy atom. The zero-order valence-electron chi connectivity index (χ0n) is 18.0. The van der Waals surface area contributed by atoms with Crippen LogP contribution in [-0.4, -0.2) is 24.7 Å². The normalized spacial score (nSPS) is 11.2. The monoisotopic (exact) mass is 471 g/mol. The van der Waals surface area contributed by atoms with Crippen LogP contribution in [0.3, 0.4) is 0 Å². The molecule has 164 valence electrons. The Kier molecular flexibility index (Phi) is 5.93. The quantitative estimate of drug-likeness (QED) is 0.243. The molecule has 0 saturated heterocycles. The van der Waals surface area contributed by atoms with Crippen LogP contribution in [0.4, 0.5) is 0 Å². The van der Waals surface area contributed by atoms with Gasteiger partial charge in [-0.05, 0) is 18.6 Å². The van der Waals surface area contributed by atoms with Crippen LogP contribution >= 0.6 is 23.1 Å². The van der Waals surface area contributed by atoms with Crippen molar-refractivity contribution in [2.75, 3.05) is 0 Å². The van der Waals surface area contributed by atoms with Crippen LogP contribution in [-0.2, 0) is 12.3 Å². The number of nitrogens with one attached hydrogen (secondary N) is 1. The zero-order chi connectivity index (χ0) is 22.8. The van der Waals surface area contributed by atoms with Gasteiger partial charge in [-0.1, -0.05) is 71.9 Å². The molecule has 0 amide bonds. The van der Waals surface area contributed by atoms with Gasteiger partial charge in [0.1, 0.15) is 10.7 Å². The van der Waals surface area contributed by atoms with Crippen LogP contribution in [0, 0.1) is 6.92 Å². The first kappa shape index (κ1) is 21.4. The summed E-state index contributed by atoms with van der Waals surface area (Å²) >= 11 is 2.98. The third-order valence-corrected chi connectivity index (χ3v) is 7.07. The van der Waals surface area contributed by atoms with Gasteiger partial charge >= 0.3 is 0 Å². The highest BCUT2D eigenvalue weighted by atomic mass is 32.2. The number of allylic oxidation sites excluding steroid dienone is 1. The maximum Gasteiger partial charge on any atom is 0.260 e. The number of fused-ring (bicyclic) bond motifs is 1. The van der Waals surface area contributed by atoms with E-state index in [1.54, 1.807) is 0 Å². The van der Waals surface area contributed by atoms with Gasteiger partial charge in [0.15, 0.2) is 11.0 Å². The molecule has 0 aliphatic carbocycles. The van der Waals surface area contributed by atoms with Gasteiger partial charge in [-0.25, -0.2) is 4.98 Å². The van der Waals surface area contributed by atoms with Gasteiger partial charge in [0.05, 0.1) is 11.1 Å². The van der Waals surface area contributed by atoms with Crippen molar-refractivity contribution in [3.63, 3.8) is 0 Å². The standard InChI is InChI=1S/C25H21N5OS2/c1-3-12-30-22(18-11-7-8-16(2)13-18)28-29-25(30)33-15-20-26-23(31)21-19(14-32-24(21)27-20)17-9-5-4-6-10-17/h3-11,13-14H,1,12,15H2,2H3,(H,26,27,31). The van der Waals surface area contributed by atoms with Gasteiger partial charge in [0.25, 0.3) is 5.56 Å². The fourth-order valence-corrected chi connectivity index (χ4v) is 5.50. The van der Waals surface area contributed by atoms with E-state index in [4.69, 9.17) is 4.98 Å². The summed E-state index contributed by atoms with van der Waals surface area (Å²) in [6, 6.07) is 18.1. The summed E-state index contributed by atoms with van der Waals surface area (Å²) in [5.41, 5.74) is 3.98. The number of hydrogen-bond acceptors (Lipinski definition) is 6. The van der Waals surface area contributed by atoms with Gasteiger partial charge in [-0.15, -0.1) is 28.1 Å². The van der Waals surface area contributed by atoms with Crippen LogP contribution in [0.1, 0.15) is 11.4 Å². The van der Waals surface area contributed by atoms with Crippen LogP contribution in [0.5, 0.6) is 0 Å². The number of nitrogens with zero attached hydrogens (tertiary/aromatic N) is 4. The maximum absolute atomic E-state index is 12.9. The van der Waals surface area contributed by atoms with Crippen molar-refractivity contribution in [1.82, 2.24) is 24.7 Å².